The van der Waals surface area contributed by atoms with E-state index in [0.717, 1.165) is 43.9 Å². The Bertz CT molecular complexity index is 750. The molecule has 26 heavy (non-hydrogen) atoms. The van der Waals surface area contributed by atoms with E-state index >= 15 is 0 Å². The lowest BCUT2D eigenvalue weighted by Gasteiger charge is -2.32. The summed E-state index contributed by atoms with van der Waals surface area (Å²) >= 11 is 0. The van der Waals surface area contributed by atoms with Gasteiger partial charge < -0.3 is 4.90 Å². The Balaban J connectivity index is 1.37. The van der Waals surface area contributed by atoms with Crippen LogP contribution < -0.4 is 0 Å². The van der Waals surface area contributed by atoms with E-state index in [2.05, 4.69) is 26.5 Å². The molecule has 3 heterocycles. The maximum atomic E-state index is 12.7. The molecule has 2 aromatic heterocycles. The minimum Gasteiger partial charge on any atom is -0.337 e. The fourth-order valence-corrected chi connectivity index (χ4v) is 4.14. The Labute approximate surface area is 153 Å². The molecule has 7 nitrogen and oxygen atoms in total. The van der Waals surface area contributed by atoms with Crippen LogP contribution in [0.5, 0.6) is 0 Å². The maximum Gasteiger partial charge on any atom is 0.274 e. The molecule has 1 saturated heterocycles. The van der Waals surface area contributed by atoms with Gasteiger partial charge in [-0.15, -0.1) is 5.10 Å². The number of hydrogen-bond acceptors (Lipinski definition) is 5. The van der Waals surface area contributed by atoms with Gasteiger partial charge in [0, 0.05) is 37.9 Å². The minimum atomic E-state index is -0.0209. The van der Waals surface area contributed by atoms with Gasteiger partial charge in [0.15, 0.2) is 0 Å². The van der Waals surface area contributed by atoms with Crippen molar-refractivity contribution in [1.82, 2.24) is 29.9 Å². The van der Waals surface area contributed by atoms with Crippen molar-refractivity contribution in [3.63, 3.8) is 0 Å². The minimum absolute atomic E-state index is 0.0209. The molecule has 0 unspecified atom stereocenters. The van der Waals surface area contributed by atoms with Gasteiger partial charge in [0.2, 0.25) is 0 Å². The average molecular weight is 354 g/mol. The first-order chi connectivity index (χ1) is 12.7. The SMILES string of the molecule is Cc1cnc(C(=O)N2CCC[C@H](Cn3cc(C4CCCC4)nn3)C2)cn1. The number of carbonyl (C=O) groups excluding carboxylic acids is 1. The van der Waals surface area contributed by atoms with Crippen LogP contribution in [0.15, 0.2) is 18.6 Å². The first-order valence-electron chi connectivity index (χ1n) is 9.67. The largest absolute Gasteiger partial charge is 0.337 e. The number of nitrogens with zero attached hydrogens (tertiary/aromatic N) is 6. The van der Waals surface area contributed by atoms with Crippen LogP contribution in [0.1, 0.15) is 66.3 Å². The summed E-state index contributed by atoms with van der Waals surface area (Å²) in [6.07, 6.45) is 12.5. The third kappa shape index (κ3) is 3.76. The molecule has 1 aliphatic heterocycles. The van der Waals surface area contributed by atoms with Crippen molar-refractivity contribution in [2.24, 2.45) is 5.92 Å². The van der Waals surface area contributed by atoms with Gasteiger partial charge >= 0.3 is 0 Å². The molecule has 0 aromatic carbocycles. The monoisotopic (exact) mass is 354 g/mol. The summed E-state index contributed by atoms with van der Waals surface area (Å²) in [5.74, 6) is 0.977. The third-order valence-corrected chi connectivity index (χ3v) is 5.58. The molecule has 2 aromatic rings. The van der Waals surface area contributed by atoms with Gasteiger partial charge in [0.1, 0.15) is 5.69 Å². The fraction of sp³-hybridized carbons (Fsp3) is 0.632. The third-order valence-electron chi connectivity index (χ3n) is 5.58. The molecule has 1 atom stereocenters. The highest BCUT2D eigenvalue weighted by molar-refractivity contribution is 5.92. The first-order valence-corrected chi connectivity index (χ1v) is 9.67. The molecule has 1 aliphatic carbocycles. The maximum absolute atomic E-state index is 12.7. The highest BCUT2D eigenvalue weighted by Crippen LogP contribution is 2.32. The summed E-state index contributed by atoms with van der Waals surface area (Å²) in [5.41, 5.74) is 2.39. The van der Waals surface area contributed by atoms with Crippen LogP contribution in [-0.4, -0.2) is 48.9 Å². The van der Waals surface area contributed by atoms with Crippen LogP contribution >= 0.6 is 0 Å². The molecule has 0 radical (unpaired) electrons. The highest BCUT2D eigenvalue weighted by Gasteiger charge is 2.26. The first kappa shape index (κ1) is 17.1. The summed E-state index contributed by atoms with van der Waals surface area (Å²) in [4.78, 5) is 23.0. The Morgan fingerprint density at radius 2 is 2.00 bits per heavy atom. The lowest BCUT2D eigenvalue weighted by atomic mass is 9.97. The molecular formula is C19H26N6O. The quantitative estimate of drug-likeness (QED) is 0.843. The predicted molar refractivity (Wildman–Crippen MR) is 96.6 cm³/mol. The Hall–Kier alpha value is -2.31. The van der Waals surface area contributed by atoms with Crippen LogP contribution in [0.25, 0.3) is 0 Å². The Morgan fingerprint density at radius 1 is 1.15 bits per heavy atom. The zero-order valence-electron chi connectivity index (χ0n) is 15.3. The highest BCUT2D eigenvalue weighted by atomic mass is 16.2. The van der Waals surface area contributed by atoms with Gasteiger partial charge in [-0.3, -0.25) is 14.5 Å². The second-order valence-electron chi connectivity index (χ2n) is 7.65. The van der Waals surface area contributed by atoms with E-state index in [4.69, 9.17) is 0 Å². The van der Waals surface area contributed by atoms with E-state index in [0.29, 0.717) is 17.5 Å². The Morgan fingerprint density at radius 3 is 2.77 bits per heavy atom. The summed E-state index contributed by atoms with van der Waals surface area (Å²) in [7, 11) is 0. The molecule has 2 aliphatic rings. The summed E-state index contributed by atoms with van der Waals surface area (Å²) in [6.45, 7) is 4.22. The summed E-state index contributed by atoms with van der Waals surface area (Å²) in [5, 5.41) is 8.72. The lowest BCUT2D eigenvalue weighted by Crippen LogP contribution is -2.41. The molecule has 1 amide bonds. The average Bonchev–Trinajstić information content (AvgIpc) is 3.34. The summed E-state index contributed by atoms with van der Waals surface area (Å²) < 4.78 is 1.97. The number of amides is 1. The zero-order valence-corrected chi connectivity index (χ0v) is 15.3. The number of aryl methyl sites for hydroxylation is 1. The number of piperidine rings is 1. The van der Waals surface area contributed by atoms with Gasteiger partial charge in [0.25, 0.3) is 5.91 Å². The van der Waals surface area contributed by atoms with Crippen molar-refractivity contribution in [3.05, 3.63) is 35.7 Å². The van der Waals surface area contributed by atoms with Gasteiger partial charge in [-0.05, 0) is 38.5 Å². The van der Waals surface area contributed by atoms with E-state index in [1.165, 1.54) is 25.7 Å². The number of likely N-dealkylation sites (tertiary alicyclic amines) is 1. The Kier molecular flexibility index (Phi) is 4.95. The number of carbonyl (C=O) groups is 1. The van der Waals surface area contributed by atoms with Crippen LogP contribution in [0.3, 0.4) is 0 Å². The lowest BCUT2D eigenvalue weighted by molar-refractivity contribution is 0.0653. The number of aromatic nitrogens is 5. The van der Waals surface area contributed by atoms with Gasteiger partial charge in [-0.2, -0.15) is 0 Å². The molecule has 1 saturated carbocycles. The van der Waals surface area contributed by atoms with Crippen molar-refractivity contribution < 1.29 is 4.79 Å². The molecule has 0 N–H and O–H groups in total. The van der Waals surface area contributed by atoms with E-state index in [9.17, 15) is 4.79 Å². The van der Waals surface area contributed by atoms with Crippen molar-refractivity contribution >= 4 is 5.91 Å². The van der Waals surface area contributed by atoms with Crippen LogP contribution in [0, 0.1) is 12.8 Å². The van der Waals surface area contributed by atoms with E-state index in [1.54, 1.807) is 12.4 Å². The molecule has 0 bridgehead atoms. The van der Waals surface area contributed by atoms with Gasteiger partial charge in [-0.25, -0.2) is 4.98 Å². The van der Waals surface area contributed by atoms with E-state index < -0.39 is 0 Å². The van der Waals surface area contributed by atoms with Gasteiger partial charge in [0.05, 0.1) is 17.6 Å². The standard InChI is InChI=1S/C19H26N6O/c1-14-9-21-17(10-20-14)19(26)24-8-4-5-15(11-24)12-25-13-18(22-23-25)16-6-2-3-7-16/h9-10,13,15-16H,2-8,11-12H2,1H3/t15-/m0/s1. The normalized spacial score (nSPS) is 21.3. The van der Waals surface area contributed by atoms with Crippen molar-refractivity contribution in [1.29, 1.82) is 0 Å². The van der Waals surface area contributed by atoms with Crippen LogP contribution in [-0.2, 0) is 6.54 Å². The van der Waals surface area contributed by atoms with Crippen LogP contribution in [0.4, 0.5) is 0 Å². The molecule has 4 rings (SSSR count). The molecule has 7 heteroatoms. The van der Waals surface area contributed by atoms with Crippen molar-refractivity contribution in [3.8, 4) is 0 Å². The fourth-order valence-electron chi connectivity index (χ4n) is 4.14. The molecule has 138 valence electrons. The number of rotatable bonds is 4. The number of hydrogen-bond donors (Lipinski definition) is 0. The molecular weight excluding hydrogens is 328 g/mol. The van der Waals surface area contributed by atoms with E-state index in [-0.39, 0.29) is 5.91 Å². The second-order valence-corrected chi connectivity index (χ2v) is 7.65. The molecule has 2 fully saturated rings. The van der Waals surface area contributed by atoms with Crippen LogP contribution in [0.2, 0.25) is 0 Å². The predicted octanol–water partition coefficient (Wildman–Crippen LogP) is 2.59. The van der Waals surface area contributed by atoms with Crippen molar-refractivity contribution in [2.75, 3.05) is 13.1 Å². The molecule has 0 spiro atoms. The van der Waals surface area contributed by atoms with Gasteiger partial charge in [-0.1, -0.05) is 18.1 Å². The topological polar surface area (TPSA) is 76.8 Å². The summed E-state index contributed by atoms with van der Waals surface area (Å²) in [6, 6.07) is 0. The smallest absolute Gasteiger partial charge is 0.274 e. The van der Waals surface area contributed by atoms with Crippen molar-refractivity contribution in [2.45, 2.75) is 57.9 Å². The second kappa shape index (κ2) is 7.51. The van der Waals surface area contributed by atoms with E-state index in [1.807, 2.05) is 16.5 Å². The zero-order chi connectivity index (χ0) is 17.9.